The Kier molecular flexibility index (Phi) is 7.11. The largest absolute Gasteiger partial charge is 0.309 e. The van der Waals surface area contributed by atoms with Crippen molar-refractivity contribution in [1.82, 2.24) is 4.57 Å². The van der Waals surface area contributed by atoms with Gasteiger partial charge in [-0.15, -0.1) is 0 Å². The summed E-state index contributed by atoms with van der Waals surface area (Å²) in [6.07, 6.45) is 0. The monoisotopic (exact) mass is 631 g/mol. The molecule has 1 heterocycles. The molecule has 8 aromatic rings. The normalized spacial score (nSPS) is 11.7. The summed E-state index contributed by atoms with van der Waals surface area (Å²) in [7, 11) is -3.15. The maximum Gasteiger partial charge on any atom is 0.179 e. The van der Waals surface area contributed by atoms with E-state index in [0.29, 0.717) is 0 Å². The van der Waals surface area contributed by atoms with Crippen molar-refractivity contribution in [3.63, 3.8) is 0 Å². The van der Waals surface area contributed by atoms with E-state index >= 15 is 0 Å². The first-order valence-corrected chi connectivity index (χ1v) is 17.5. The van der Waals surface area contributed by atoms with Gasteiger partial charge in [-0.25, -0.2) is 13.2 Å². The first-order valence-electron chi connectivity index (χ1n) is 15.5. The van der Waals surface area contributed by atoms with E-state index in [0.717, 1.165) is 48.6 Å². The summed E-state index contributed by atoms with van der Waals surface area (Å²) < 4.78 is 45.2. The van der Waals surface area contributed by atoms with Gasteiger partial charge in [0, 0.05) is 16.5 Å². The second kappa shape index (κ2) is 11.6. The lowest BCUT2D eigenvalue weighted by atomic mass is 10.1. The van der Waals surface area contributed by atoms with Crippen LogP contribution in [0.1, 0.15) is 0 Å². The molecule has 0 aliphatic heterocycles. The third-order valence-electron chi connectivity index (χ3n) is 9.17. The van der Waals surface area contributed by atoms with Crippen molar-refractivity contribution in [3.8, 4) is 16.8 Å². The van der Waals surface area contributed by atoms with Gasteiger partial charge >= 0.3 is 0 Å². The maximum atomic E-state index is 14.3. The van der Waals surface area contributed by atoms with Gasteiger partial charge in [0.25, 0.3) is 0 Å². The van der Waals surface area contributed by atoms with Crippen LogP contribution in [0, 0.1) is 17.5 Å². The Morgan fingerprint density at radius 1 is 0.362 bits per heavy atom. The first kappa shape index (κ1) is 28.8. The van der Waals surface area contributed by atoms with E-state index in [1.807, 2.05) is 42.5 Å². The topological polar surface area (TPSA) is 4.93 Å². The molecule has 0 saturated heterocycles. The quantitative estimate of drug-likeness (QED) is 0.129. The molecule has 0 N–H and O–H groups in total. The molecule has 0 unspecified atom stereocenters. The Bertz CT molecular complexity index is 2200. The van der Waals surface area contributed by atoms with Crippen molar-refractivity contribution >= 4 is 50.6 Å². The zero-order valence-electron chi connectivity index (χ0n) is 25.2. The summed E-state index contributed by atoms with van der Waals surface area (Å²) in [5.74, 6) is -1.02. The van der Waals surface area contributed by atoms with Crippen LogP contribution in [-0.2, 0) is 0 Å². The summed E-state index contributed by atoms with van der Waals surface area (Å²) in [6.45, 7) is 0. The highest BCUT2D eigenvalue weighted by atomic mass is 28.3. The van der Waals surface area contributed by atoms with Crippen LogP contribution in [0.3, 0.4) is 0 Å². The molecule has 0 aliphatic carbocycles. The van der Waals surface area contributed by atoms with Gasteiger partial charge in [-0.1, -0.05) is 109 Å². The Hall–Kier alpha value is -5.65. The molecular weight excluding hydrogens is 604 g/mol. The van der Waals surface area contributed by atoms with Crippen LogP contribution >= 0.6 is 0 Å². The fraction of sp³-hybridized carbons (Fsp3) is 0. The number of para-hydroxylation sites is 2. The van der Waals surface area contributed by atoms with Crippen molar-refractivity contribution in [2.75, 3.05) is 0 Å². The van der Waals surface area contributed by atoms with E-state index in [1.165, 1.54) is 47.2 Å². The maximum absolute atomic E-state index is 14.3. The first-order chi connectivity index (χ1) is 23.0. The molecule has 7 aromatic carbocycles. The minimum atomic E-state index is -3.15. The average Bonchev–Trinajstić information content (AvgIpc) is 3.45. The number of fused-ring (bicyclic) bond motifs is 3. The fourth-order valence-electron chi connectivity index (χ4n) is 7.04. The third kappa shape index (κ3) is 4.87. The van der Waals surface area contributed by atoms with Gasteiger partial charge in [-0.05, 0) is 92.5 Å². The zero-order valence-corrected chi connectivity index (χ0v) is 26.2. The van der Waals surface area contributed by atoms with Crippen LogP contribution in [-0.4, -0.2) is 12.6 Å². The predicted octanol–water partition coefficient (Wildman–Crippen LogP) is 8.25. The smallest absolute Gasteiger partial charge is 0.179 e. The molecule has 0 atom stereocenters. The summed E-state index contributed by atoms with van der Waals surface area (Å²) in [5.41, 5.74) is 5.42. The predicted molar refractivity (Wildman–Crippen MR) is 190 cm³/mol. The molecule has 1 nitrogen and oxygen atoms in total. The molecule has 0 spiro atoms. The number of hydrogen-bond acceptors (Lipinski definition) is 0. The van der Waals surface area contributed by atoms with Crippen LogP contribution in [0.5, 0.6) is 0 Å². The minimum absolute atomic E-state index is 0.341. The summed E-state index contributed by atoms with van der Waals surface area (Å²) in [5, 5.41) is 6.18. The summed E-state index contributed by atoms with van der Waals surface area (Å²) in [4.78, 5) is 0. The van der Waals surface area contributed by atoms with Crippen molar-refractivity contribution in [2.24, 2.45) is 0 Å². The van der Waals surface area contributed by atoms with Gasteiger partial charge < -0.3 is 4.57 Å². The van der Waals surface area contributed by atoms with Crippen molar-refractivity contribution in [3.05, 3.63) is 187 Å². The second-order valence-electron chi connectivity index (χ2n) is 11.8. The average molecular weight is 632 g/mol. The van der Waals surface area contributed by atoms with Gasteiger partial charge in [-0.2, -0.15) is 0 Å². The molecule has 0 bridgehead atoms. The van der Waals surface area contributed by atoms with Crippen molar-refractivity contribution < 1.29 is 13.2 Å². The number of nitrogens with zero attached hydrogens (tertiary/aromatic N) is 1. The third-order valence-corrected chi connectivity index (χ3v) is 13.9. The van der Waals surface area contributed by atoms with E-state index in [-0.39, 0.29) is 17.5 Å². The standard InChI is InChI=1S/C42H28F3NSi/c43-31-14-22-35(23-15-31)47(36-24-16-32(44)17-25-36,37-26-18-33(45)19-27-37)38-7-5-6-30(28-38)29-12-20-34(21-13-29)46-41-10-3-1-8-39(41)40-9-2-4-11-42(40)46/h1-28H. The lowest BCUT2D eigenvalue weighted by molar-refractivity contribution is 0.628. The highest BCUT2D eigenvalue weighted by Crippen LogP contribution is 2.32. The lowest BCUT2D eigenvalue weighted by Gasteiger charge is -2.34. The molecule has 226 valence electrons. The zero-order chi connectivity index (χ0) is 32.0. The van der Waals surface area contributed by atoms with Crippen molar-refractivity contribution in [2.45, 2.75) is 0 Å². The molecule has 47 heavy (non-hydrogen) atoms. The molecular formula is C42H28F3NSi. The highest BCUT2D eigenvalue weighted by Gasteiger charge is 2.41. The van der Waals surface area contributed by atoms with Crippen LogP contribution < -0.4 is 20.7 Å². The Labute approximate surface area is 271 Å². The van der Waals surface area contributed by atoms with E-state index in [2.05, 4.69) is 95.6 Å². The van der Waals surface area contributed by atoms with E-state index < -0.39 is 8.07 Å². The summed E-state index contributed by atoms with van der Waals surface area (Å²) in [6, 6.07) is 53.4. The number of hydrogen-bond donors (Lipinski definition) is 0. The van der Waals surface area contributed by atoms with Gasteiger partial charge in [0.15, 0.2) is 8.07 Å². The van der Waals surface area contributed by atoms with Crippen LogP contribution in [0.2, 0.25) is 0 Å². The highest BCUT2D eigenvalue weighted by molar-refractivity contribution is 7.19. The molecule has 0 radical (unpaired) electrons. The van der Waals surface area contributed by atoms with Crippen molar-refractivity contribution in [1.29, 1.82) is 0 Å². The molecule has 0 fully saturated rings. The van der Waals surface area contributed by atoms with Crippen LogP contribution in [0.4, 0.5) is 13.2 Å². The SMILES string of the molecule is Fc1ccc([Si](c2ccc(F)cc2)(c2ccc(F)cc2)c2cccc(-c3ccc(-n4c5ccccc5c5ccccc54)cc3)c2)cc1. The Balaban J connectivity index is 1.30. The lowest BCUT2D eigenvalue weighted by Crippen LogP contribution is -2.74. The summed E-state index contributed by atoms with van der Waals surface area (Å²) >= 11 is 0. The van der Waals surface area contributed by atoms with Gasteiger partial charge in [0.1, 0.15) is 17.5 Å². The number of aromatic nitrogens is 1. The minimum Gasteiger partial charge on any atom is -0.309 e. The van der Waals surface area contributed by atoms with E-state index in [1.54, 1.807) is 0 Å². The number of benzene rings is 7. The van der Waals surface area contributed by atoms with Crippen LogP contribution in [0.25, 0.3) is 38.6 Å². The molecule has 5 heteroatoms. The Morgan fingerprint density at radius 3 is 1.28 bits per heavy atom. The Morgan fingerprint density at radius 2 is 0.809 bits per heavy atom. The molecule has 8 rings (SSSR count). The molecule has 0 amide bonds. The molecule has 1 aromatic heterocycles. The van der Waals surface area contributed by atoms with Gasteiger partial charge in [-0.3, -0.25) is 0 Å². The fourth-order valence-corrected chi connectivity index (χ4v) is 11.8. The van der Waals surface area contributed by atoms with E-state index in [4.69, 9.17) is 0 Å². The second-order valence-corrected chi connectivity index (χ2v) is 15.6. The van der Waals surface area contributed by atoms with Crippen LogP contribution in [0.15, 0.2) is 170 Å². The van der Waals surface area contributed by atoms with E-state index in [9.17, 15) is 13.2 Å². The van der Waals surface area contributed by atoms with Gasteiger partial charge in [0.2, 0.25) is 0 Å². The molecule has 0 aliphatic rings. The number of rotatable bonds is 6. The van der Waals surface area contributed by atoms with Gasteiger partial charge in [0.05, 0.1) is 11.0 Å². The number of halogens is 3. The molecule has 0 saturated carbocycles.